The fourth-order valence-electron chi connectivity index (χ4n) is 2.97. The molecule has 0 radical (unpaired) electrons. The Bertz CT molecular complexity index is 488. The molecule has 20 heavy (non-hydrogen) atoms. The third kappa shape index (κ3) is 2.21. The number of nitrogens with zero attached hydrogens (tertiary/aromatic N) is 1. The maximum Gasteiger partial charge on any atom is 0.203 e. The van der Waals surface area contributed by atoms with E-state index in [-0.39, 0.29) is 6.04 Å². The first-order valence-corrected chi connectivity index (χ1v) is 6.86. The second kappa shape index (κ2) is 5.89. The van der Waals surface area contributed by atoms with Crippen molar-refractivity contribution in [3.8, 4) is 17.2 Å². The Morgan fingerprint density at radius 3 is 2.30 bits per heavy atom. The molecule has 0 saturated carbocycles. The normalized spacial score (nSPS) is 18.2. The largest absolute Gasteiger partial charge is 0.493 e. The highest BCUT2D eigenvalue weighted by Gasteiger charge is 2.35. The van der Waals surface area contributed by atoms with Crippen LogP contribution in [0.4, 0.5) is 0 Å². The molecule has 0 fully saturated rings. The van der Waals surface area contributed by atoms with Crippen molar-refractivity contribution in [1.29, 1.82) is 0 Å². The molecule has 0 spiro atoms. The van der Waals surface area contributed by atoms with E-state index in [4.69, 9.17) is 19.9 Å². The lowest BCUT2D eigenvalue weighted by atomic mass is 10.0. The Morgan fingerprint density at radius 2 is 1.85 bits per heavy atom. The number of nitrogens with two attached hydrogens (primary N) is 1. The molecule has 2 N–H and O–H groups in total. The average Bonchev–Trinajstić information content (AvgIpc) is 2.83. The molecular weight excluding hydrogens is 256 g/mol. The molecule has 1 aromatic carbocycles. The zero-order valence-corrected chi connectivity index (χ0v) is 12.9. The number of rotatable bonds is 5. The van der Waals surface area contributed by atoms with Gasteiger partial charge in [0.1, 0.15) is 0 Å². The summed E-state index contributed by atoms with van der Waals surface area (Å²) in [5.41, 5.74) is 8.30. The van der Waals surface area contributed by atoms with Crippen molar-refractivity contribution in [2.45, 2.75) is 32.5 Å². The van der Waals surface area contributed by atoms with Gasteiger partial charge < -0.3 is 19.9 Å². The molecule has 1 atom stereocenters. The Morgan fingerprint density at radius 1 is 1.20 bits per heavy atom. The molecule has 0 saturated heterocycles. The van der Waals surface area contributed by atoms with E-state index in [0.29, 0.717) is 24.1 Å². The first-order chi connectivity index (χ1) is 9.58. The van der Waals surface area contributed by atoms with E-state index in [0.717, 1.165) is 17.9 Å². The van der Waals surface area contributed by atoms with Crippen LogP contribution in [0.2, 0.25) is 0 Å². The maximum absolute atomic E-state index is 5.98. The third-order valence-electron chi connectivity index (χ3n) is 3.95. The van der Waals surface area contributed by atoms with Crippen LogP contribution in [0.15, 0.2) is 6.07 Å². The van der Waals surface area contributed by atoms with Crippen molar-refractivity contribution in [2.75, 3.05) is 27.9 Å². The summed E-state index contributed by atoms with van der Waals surface area (Å²) < 4.78 is 16.4. The predicted octanol–water partition coefficient (Wildman–Crippen LogP) is 1.94. The average molecular weight is 280 g/mol. The molecule has 1 heterocycles. The van der Waals surface area contributed by atoms with E-state index < -0.39 is 0 Å². The van der Waals surface area contributed by atoms with E-state index in [1.807, 2.05) is 6.07 Å². The topological polar surface area (TPSA) is 57.0 Å². The van der Waals surface area contributed by atoms with Crippen LogP contribution in [0.3, 0.4) is 0 Å². The number of benzene rings is 1. The number of hydrogen-bond acceptors (Lipinski definition) is 5. The minimum Gasteiger partial charge on any atom is -0.493 e. The smallest absolute Gasteiger partial charge is 0.203 e. The van der Waals surface area contributed by atoms with Crippen LogP contribution in [0, 0.1) is 0 Å². The maximum atomic E-state index is 5.98. The van der Waals surface area contributed by atoms with E-state index in [1.165, 1.54) is 5.56 Å². The third-order valence-corrected chi connectivity index (χ3v) is 3.95. The predicted molar refractivity (Wildman–Crippen MR) is 78.6 cm³/mol. The first-order valence-electron chi connectivity index (χ1n) is 6.86. The van der Waals surface area contributed by atoms with Crippen molar-refractivity contribution in [3.05, 3.63) is 17.2 Å². The summed E-state index contributed by atoms with van der Waals surface area (Å²) in [7, 11) is 4.92. The standard InChI is InChI=1S/C15H24N2O3/c1-9(2)17-8-11-10(12(17)7-16)6-13(18-3)15(20-5)14(11)19-4/h6,9,12H,7-8,16H2,1-5H3. The second-order valence-electron chi connectivity index (χ2n) is 5.23. The van der Waals surface area contributed by atoms with Gasteiger partial charge >= 0.3 is 0 Å². The molecule has 2 rings (SSSR count). The highest BCUT2D eigenvalue weighted by molar-refractivity contribution is 5.61. The van der Waals surface area contributed by atoms with Gasteiger partial charge in [0.2, 0.25) is 5.75 Å². The summed E-state index contributed by atoms with van der Waals surface area (Å²) in [4.78, 5) is 2.37. The van der Waals surface area contributed by atoms with Gasteiger partial charge in [0, 0.05) is 30.7 Å². The van der Waals surface area contributed by atoms with Crippen molar-refractivity contribution < 1.29 is 14.2 Å². The van der Waals surface area contributed by atoms with Crippen LogP contribution in [-0.2, 0) is 6.54 Å². The van der Waals surface area contributed by atoms with E-state index in [2.05, 4.69) is 18.7 Å². The van der Waals surface area contributed by atoms with Crippen molar-refractivity contribution in [2.24, 2.45) is 5.73 Å². The highest BCUT2D eigenvalue weighted by atomic mass is 16.5. The monoisotopic (exact) mass is 280 g/mol. The molecule has 1 aliphatic heterocycles. The molecule has 112 valence electrons. The molecular formula is C15H24N2O3. The lowest BCUT2D eigenvalue weighted by Crippen LogP contribution is -2.33. The summed E-state index contributed by atoms with van der Waals surface area (Å²) in [6.07, 6.45) is 0. The van der Waals surface area contributed by atoms with Gasteiger partial charge in [-0.1, -0.05) is 0 Å². The SMILES string of the molecule is COc1cc2c(c(OC)c1OC)CN(C(C)C)C2CN. The van der Waals surface area contributed by atoms with Crippen LogP contribution in [-0.4, -0.2) is 38.8 Å². The lowest BCUT2D eigenvalue weighted by molar-refractivity contribution is 0.171. The zero-order chi connectivity index (χ0) is 14.9. The molecule has 0 amide bonds. The summed E-state index contributed by atoms with van der Waals surface area (Å²) in [6, 6.07) is 2.63. The molecule has 1 unspecified atom stereocenters. The fraction of sp³-hybridized carbons (Fsp3) is 0.600. The van der Waals surface area contributed by atoms with E-state index in [1.54, 1.807) is 21.3 Å². The van der Waals surface area contributed by atoms with Gasteiger partial charge in [-0.3, -0.25) is 4.90 Å². The van der Waals surface area contributed by atoms with Crippen molar-refractivity contribution in [1.82, 2.24) is 4.90 Å². The van der Waals surface area contributed by atoms with Crippen LogP contribution < -0.4 is 19.9 Å². The van der Waals surface area contributed by atoms with Gasteiger partial charge in [0.15, 0.2) is 11.5 Å². The van der Waals surface area contributed by atoms with Gasteiger partial charge in [0.25, 0.3) is 0 Å². The molecule has 0 aliphatic carbocycles. The zero-order valence-electron chi connectivity index (χ0n) is 12.9. The van der Waals surface area contributed by atoms with Crippen molar-refractivity contribution in [3.63, 3.8) is 0 Å². The first kappa shape index (κ1) is 14.9. The number of fused-ring (bicyclic) bond motifs is 1. The van der Waals surface area contributed by atoms with Gasteiger partial charge in [-0.05, 0) is 25.5 Å². The molecule has 0 bridgehead atoms. The fourth-order valence-corrected chi connectivity index (χ4v) is 2.97. The van der Waals surface area contributed by atoms with Crippen LogP contribution in [0.5, 0.6) is 17.2 Å². The minimum absolute atomic E-state index is 0.193. The summed E-state index contributed by atoms with van der Waals surface area (Å²) in [5, 5.41) is 0. The van der Waals surface area contributed by atoms with Gasteiger partial charge in [-0.2, -0.15) is 0 Å². The molecule has 1 aliphatic rings. The van der Waals surface area contributed by atoms with Crippen molar-refractivity contribution >= 4 is 0 Å². The Hall–Kier alpha value is -1.46. The minimum atomic E-state index is 0.193. The molecule has 0 aromatic heterocycles. The van der Waals surface area contributed by atoms with E-state index in [9.17, 15) is 0 Å². The Labute approximate surface area is 120 Å². The van der Waals surface area contributed by atoms with Gasteiger partial charge in [-0.25, -0.2) is 0 Å². The lowest BCUT2D eigenvalue weighted by Gasteiger charge is -2.27. The number of methoxy groups -OCH3 is 3. The number of ether oxygens (including phenoxy) is 3. The summed E-state index contributed by atoms with van der Waals surface area (Å²) in [6.45, 7) is 5.74. The van der Waals surface area contributed by atoms with E-state index >= 15 is 0 Å². The number of hydrogen-bond donors (Lipinski definition) is 1. The van der Waals surface area contributed by atoms with Gasteiger partial charge in [-0.15, -0.1) is 0 Å². The summed E-state index contributed by atoms with van der Waals surface area (Å²) >= 11 is 0. The van der Waals surface area contributed by atoms with Crippen LogP contribution in [0.1, 0.15) is 31.0 Å². The second-order valence-corrected chi connectivity index (χ2v) is 5.23. The summed E-state index contributed by atoms with van der Waals surface area (Å²) in [5.74, 6) is 2.09. The van der Waals surface area contributed by atoms with Gasteiger partial charge in [0.05, 0.1) is 21.3 Å². The van der Waals surface area contributed by atoms with Crippen LogP contribution in [0.25, 0.3) is 0 Å². The quantitative estimate of drug-likeness (QED) is 0.893. The molecule has 5 nitrogen and oxygen atoms in total. The Balaban J connectivity index is 2.60. The van der Waals surface area contributed by atoms with Crippen LogP contribution >= 0.6 is 0 Å². The highest BCUT2D eigenvalue weighted by Crippen LogP contribution is 2.48. The molecule has 5 heteroatoms. The molecule has 1 aromatic rings. The Kier molecular flexibility index (Phi) is 4.40.